The first kappa shape index (κ1) is 13.0. The van der Waals surface area contributed by atoms with E-state index >= 15 is 0 Å². The molecule has 2 rings (SSSR count). The van der Waals surface area contributed by atoms with E-state index in [0.29, 0.717) is 12.0 Å². The Kier molecular flexibility index (Phi) is 3.39. The molecule has 1 aliphatic heterocycles. The van der Waals surface area contributed by atoms with Crippen LogP contribution in [0.1, 0.15) is 19.4 Å². The number of benzene rings is 1. The standard InChI is InChI=1S/C14H16O3S/c1-9-12(15)14(2,18-13(9)16)8-10-5-4-6-11(7-10)17-3/h4-7,15H,8H2,1-3H3. The molecule has 96 valence electrons. The molecule has 1 aromatic carbocycles. The third-order valence-corrected chi connectivity index (χ3v) is 4.44. The fraction of sp³-hybridized carbons (Fsp3) is 0.357. The number of thioether (sulfide) groups is 1. The Morgan fingerprint density at radius 3 is 2.72 bits per heavy atom. The van der Waals surface area contributed by atoms with Crippen molar-refractivity contribution in [3.05, 3.63) is 41.2 Å². The largest absolute Gasteiger partial charge is 0.510 e. The molecular weight excluding hydrogens is 248 g/mol. The SMILES string of the molecule is COc1cccc(CC2(C)SC(=O)C(C)=C2O)c1. The van der Waals surface area contributed by atoms with Crippen LogP contribution in [0.3, 0.4) is 0 Å². The Morgan fingerprint density at radius 2 is 2.17 bits per heavy atom. The Balaban J connectivity index is 2.26. The van der Waals surface area contributed by atoms with Crippen molar-refractivity contribution in [3.8, 4) is 5.75 Å². The summed E-state index contributed by atoms with van der Waals surface area (Å²) in [6, 6.07) is 7.68. The second-order valence-corrected chi connectivity index (χ2v) is 6.10. The molecule has 0 spiro atoms. The van der Waals surface area contributed by atoms with Gasteiger partial charge in [0.05, 0.1) is 11.9 Å². The highest BCUT2D eigenvalue weighted by Crippen LogP contribution is 2.44. The third kappa shape index (κ3) is 2.25. The Morgan fingerprint density at radius 1 is 1.44 bits per heavy atom. The van der Waals surface area contributed by atoms with Gasteiger partial charge in [0.15, 0.2) is 0 Å². The van der Waals surface area contributed by atoms with Gasteiger partial charge in [-0.2, -0.15) is 0 Å². The van der Waals surface area contributed by atoms with E-state index in [1.165, 1.54) is 11.8 Å². The molecule has 1 aliphatic rings. The zero-order valence-corrected chi connectivity index (χ0v) is 11.5. The number of methoxy groups -OCH3 is 1. The predicted molar refractivity (Wildman–Crippen MR) is 73.0 cm³/mol. The molecule has 0 saturated carbocycles. The van der Waals surface area contributed by atoms with Crippen LogP contribution in [-0.2, 0) is 11.2 Å². The molecule has 1 atom stereocenters. The summed E-state index contributed by atoms with van der Waals surface area (Å²) in [7, 11) is 1.62. The van der Waals surface area contributed by atoms with E-state index in [-0.39, 0.29) is 10.9 Å². The number of aliphatic hydroxyl groups is 1. The van der Waals surface area contributed by atoms with Crippen LogP contribution in [0.4, 0.5) is 0 Å². The maximum absolute atomic E-state index is 11.6. The smallest absolute Gasteiger partial charge is 0.219 e. The van der Waals surface area contributed by atoms with Gasteiger partial charge in [-0.1, -0.05) is 23.9 Å². The lowest BCUT2D eigenvalue weighted by molar-refractivity contribution is -0.107. The first-order chi connectivity index (χ1) is 8.46. The molecule has 4 heteroatoms. The number of carbonyl (C=O) groups excluding carboxylic acids is 1. The van der Waals surface area contributed by atoms with Gasteiger partial charge in [0.25, 0.3) is 0 Å². The van der Waals surface area contributed by atoms with Crippen LogP contribution < -0.4 is 4.74 Å². The van der Waals surface area contributed by atoms with Crippen LogP contribution in [0.15, 0.2) is 35.6 Å². The second-order valence-electron chi connectivity index (χ2n) is 4.62. The summed E-state index contributed by atoms with van der Waals surface area (Å²) in [4.78, 5) is 11.6. The average molecular weight is 264 g/mol. The topological polar surface area (TPSA) is 46.5 Å². The molecule has 3 nitrogen and oxygen atoms in total. The van der Waals surface area contributed by atoms with Crippen molar-refractivity contribution >= 4 is 16.9 Å². The van der Waals surface area contributed by atoms with Gasteiger partial charge >= 0.3 is 0 Å². The zero-order chi connectivity index (χ0) is 13.3. The highest BCUT2D eigenvalue weighted by molar-refractivity contribution is 8.15. The summed E-state index contributed by atoms with van der Waals surface area (Å²) in [5.41, 5.74) is 1.50. The quantitative estimate of drug-likeness (QED) is 0.911. The molecule has 1 aromatic rings. The molecule has 1 unspecified atom stereocenters. The first-order valence-corrected chi connectivity index (χ1v) is 6.54. The van der Waals surface area contributed by atoms with E-state index in [2.05, 4.69) is 0 Å². The van der Waals surface area contributed by atoms with Crippen molar-refractivity contribution in [2.45, 2.75) is 25.0 Å². The van der Waals surface area contributed by atoms with Crippen molar-refractivity contribution in [2.75, 3.05) is 7.11 Å². The highest BCUT2D eigenvalue weighted by Gasteiger charge is 2.41. The lowest BCUT2D eigenvalue weighted by Gasteiger charge is -2.22. The Hall–Kier alpha value is -1.42. The lowest BCUT2D eigenvalue weighted by atomic mass is 9.96. The van der Waals surface area contributed by atoms with Crippen molar-refractivity contribution in [1.29, 1.82) is 0 Å². The van der Waals surface area contributed by atoms with Crippen molar-refractivity contribution in [1.82, 2.24) is 0 Å². The molecule has 1 N–H and O–H groups in total. The molecule has 0 fully saturated rings. The van der Waals surface area contributed by atoms with E-state index in [9.17, 15) is 9.90 Å². The van der Waals surface area contributed by atoms with Crippen LogP contribution in [0.2, 0.25) is 0 Å². The molecule has 18 heavy (non-hydrogen) atoms. The summed E-state index contributed by atoms with van der Waals surface area (Å²) >= 11 is 1.19. The monoisotopic (exact) mass is 264 g/mol. The molecule has 0 bridgehead atoms. The van der Waals surface area contributed by atoms with Crippen molar-refractivity contribution in [3.63, 3.8) is 0 Å². The molecular formula is C14H16O3S. The number of rotatable bonds is 3. The summed E-state index contributed by atoms with van der Waals surface area (Å²) < 4.78 is 4.61. The fourth-order valence-electron chi connectivity index (χ4n) is 2.11. The summed E-state index contributed by atoms with van der Waals surface area (Å²) in [5.74, 6) is 0.978. The predicted octanol–water partition coefficient (Wildman–Crippen LogP) is 3.10. The van der Waals surface area contributed by atoms with Crippen LogP contribution in [-0.4, -0.2) is 22.1 Å². The normalized spacial score (nSPS) is 23.6. The van der Waals surface area contributed by atoms with Crippen LogP contribution >= 0.6 is 11.8 Å². The van der Waals surface area contributed by atoms with E-state index in [1.807, 2.05) is 31.2 Å². The van der Waals surface area contributed by atoms with Crippen LogP contribution in [0.5, 0.6) is 5.75 Å². The molecule has 0 saturated heterocycles. The van der Waals surface area contributed by atoms with Gasteiger partial charge in [-0.3, -0.25) is 4.79 Å². The van der Waals surface area contributed by atoms with E-state index in [1.54, 1.807) is 14.0 Å². The van der Waals surface area contributed by atoms with Gasteiger partial charge in [0.1, 0.15) is 11.5 Å². The first-order valence-electron chi connectivity index (χ1n) is 5.73. The van der Waals surface area contributed by atoms with Gasteiger partial charge < -0.3 is 9.84 Å². The van der Waals surface area contributed by atoms with Crippen LogP contribution in [0.25, 0.3) is 0 Å². The van der Waals surface area contributed by atoms with Crippen molar-refractivity contribution < 1.29 is 14.6 Å². The molecule has 0 aromatic heterocycles. The Labute approximate surface area is 111 Å². The maximum Gasteiger partial charge on any atom is 0.219 e. The van der Waals surface area contributed by atoms with Crippen LogP contribution in [0, 0.1) is 0 Å². The number of aliphatic hydroxyl groups excluding tert-OH is 1. The lowest BCUT2D eigenvalue weighted by Crippen LogP contribution is -2.23. The van der Waals surface area contributed by atoms with Gasteiger partial charge in [-0.15, -0.1) is 0 Å². The Bertz CT molecular complexity index is 522. The molecule has 0 aliphatic carbocycles. The molecule has 0 radical (unpaired) electrons. The summed E-state index contributed by atoms with van der Waals surface area (Å²) in [6.07, 6.45) is 0.601. The zero-order valence-electron chi connectivity index (χ0n) is 10.7. The summed E-state index contributed by atoms with van der Waals surface area (Å²) in [6.45, 7) is 3.56. The number of carbonyl (C=O) groups is 1. The maximum atomic E-state index is 11.6. The minimum absolute atomic E-state index is 0.0436. The average Bonchev–Trinajstić information content (AvgIpc) is 2.53. The van der Waals surface area contributed by atoms with Gasteiger partial charge in [-0.05, 0) is 38.0 Å². The molecule has 1 heterocycles. The number of ether oxygens (including phenoxy) is 1. The van der Waals surface area contributed by atoms with Gasteiger partial charge in [-0.25, -0.2) is 0 Å². The van der Waals surface area contributed by atoms with Crippen molar-refractivity contribution in [2.24, 2.45) is 0 Å². The number of hydrogen-bond donors (Lipinski definition) is 1. The van der Waals surface area contributed by atoms with E-state index in [0.717, 1.165) is 11.3 Å². The van der Waals surface area contributed by atoms with E-state index in [4.69, 9.17) is 4.74 Å². The summed E-state index contributed by atoms with van der Waals surface area (Å²) in [5, 5.41) is 10.0. The number of hydrogen-bond acceptors (Lipinski definition) is 4. The molecule has 0 amide bonds. The highest BCUT2D eigenvalue weighted by atomic mass is 32.2. The second kappa shape index (κ2) is 4.69. The minimum atomic E-state index is -0.562. The minimum Gasteiger partial charge on any atom is -0.510 e. The fourth-order valence-corrected chi connectivity index (χ4v) is 3.26. The van der Waals surface area contributed by atoms with E-state index < -0.39 is 4.75 Å². The van der Waals surface area contributed by atoms with Gasteiger partial charge in [0.2, 0.25) is 5.12 Å². The van der Waals surface area contributed by atoms with Gasteiger partial charge in [0, 0.05) is 5.57 Å². The third-order valence-electron chi connectivity index (χ3n) is 3.16.